The van der Waals surface area contributed by atoms with Crippen molar-refractivity contribution in [2.24, 2.45) is 0 Å². The predicted molar refractivity (Wildman–Crippen MR) is 80.0 cm³/mol. The summed E-state index contributed by atoms with van der Waals surface area (Å²) in [6.45, 7) is 0. The highest BCUT2D eigenvalue weighted by Gasteiger charge is 2.04. The summed E-state index contributed by atoms with van der Waals surface area (Å²) in [5, 5.41) is 0.374. The first-order valence-corrected chi connectivity index (χ1v) is 6.34. The van der Waals surface area contributed by atoms with Gasteiger partial charge in [-0.1, -0.05) is 12.1 Å². The van der Waals surface area contributed by atoms with Crippen LogP contribution in [0.4, 0.5) is 0 Å². The Hall–Kier alpha value is -2.95. The molecule has 3 aromatic rings. The van der Waals surface area contributed by atoms with Crippen molar-refractivity contribution in [2.75, 3.05) is 7.11 Å². The van der Waals surface area contributed by atoms with Crippen LogP contribution in [0.5, 0.6) is 5.75 Å². The standard InChI is InChI=1S/C16H12N2O3/c1-20-12-7-4-11(5-8-12)6-9-14-18-15-13(16(19)21-14)3-2-10-17-15/h2-10H,1H3/b9-6+. The molecule has 0 N–H and O–H groups in total. The van der Waals surface area contributed by atoms with Crippen molar-refractivity contribution in [1.82, 2.24) is 9.97 Å². The number of ether oxygens (including phenoxy) is 1. The first kappa shape index (κ1) is 13.1. The van der Waals surface area contributed by atoms with Crippen LogP contribution in [-0.2, 0) is 0 Å². The van der Waals surface area contributed by atoms with Crippen LogP contribution in [0.25, 0.3) is 23.2 Å². The van der Waals surface area contributed by atoms with Crippen molar-refractivity contribution in [3.05, 3.63) is 64.5 Å². The van der Waals surface area contributed by atoms with Gasteiger partial charge in [-0.05, 0) is 35.9 Å². The number of hydrogen-bond donors (Lipinski definition) is 0. The van der Waals surface area contributed by atoms with Crippen LogP contribution in [0.2, 0.25) is 0 Å². The van der Waals surface area contributed by atoms with E-state index in [1.807, 2.05) is 24.3 Å². The van der Waals surface area contributed by atoms with E-state index in [4.69, 9.17) is 9.15 Å². The van der Waals surface area contributed by atoms with E-state index in [1.54, 1.807) is 37.6 Å². The Morgan fingerprint density at radius 2 is 1.95 bits per heavy atom. The zero-order valence-electron chi connectivity index (χ0n) is 11.3. The maximum Gasteiger partial charge on any atom is 0.348 e. The van der Waals surface area contributed by atoms with Gasteiger partial charge in [0.15, 0.2) is 5.65 Å². The third kappa shape index (κ3) is 2.81. The average Bonchev–Trinajstić information content (AvgIpc) is 2.53. The van der Waals surface area contributed by atoms with Gasteiger partial charge in [0.05, 0.1) is 7.11 Å². The molecule has 0 saturated carbocycles. The summed E-state index contributed by atoms with van der Waals surface area (Å²) in [6, 6.07) is 10.8. The van der Waals surface area contributed by atoms with E-state index in [0.717, 1.165) is 11.3 Å². The third-order valence-corrected chi connectivity index (χ3v) is 2.95. The lowest BCUT2D eigenvalue weighted by molar-refractivity contribution is 0.415. The van der Waals surface area contributed by atoms with Gasteiger partial charge in [-0.15, -0.1) is 0 Å². The lowest BCUT2D eigenvalue weighted by atomic mass is 10.2. The van der Waals surface area contributed by atoms with Crippen molar-refractivity contribution in [3.63, 3.8) is 0 Å². The number of hydrogen-bond acceptors (Lipinski definition) is 5. The highest BCUT2D eigenvalue weighted by molar-refractivity contribution is 5.74. The molecule has 104 valence electrons. The molecule has 5 heteroatoms. The predicted octanol–water partition coefficient (Wildman–Crippen LogP) is 2.76. The smallest absolute Gasteiger partial charge is 0.348 e. The van der Waals surface area contributed by atoms with E-state index in [9.17, 15) is 4.79 Å². The molecule has 0 spiro atoms. The molecule has 0 aliphatic rings. The summed E-state index contributed by atoms with van der Waals surface area (Å²) in [6.07, 6.45) is 5.03. The minimum atomic E-state index is -0.442. The fourth-order valence-electron chi connectivity index (χ4n) is 1.88. The number of benzene rings is 1. The van der Waals surface area contributed by atoms with Gasteiger partial charge in [-0.2, -0.15) is 4.98 Å². The molecule has 0 radical (unpaired) electrons. The Bertz CT molecular complexity index is 851. The second kappa shape index (κ2) is 5.58. The van der Waals surface area contributed by atoms with E-state index >= 15 is 0 Å². The summed E-state index contributed by atoms with van der Waals surface area (Å²) >= 11 is 0. The van der Waals surface area contributed by atoms with Crippen LogP contribution in [-0.4, -0.2) is 17.1 Å². The molecular formula is C16H12N2O3. The maximum absolute atomic E-state index is 11.8. The van der Waals surface area contributed by atoms with E-state index in [1.165, 1.54) is 0 Å². The van der Waals surface area contributed by atoms with E-state index in [0.29, 0.717) is 11.0 Å². The van der Waals surface area contributed by atoms with Gasteiger partial charge in [-0.25, -0.2) is 9.78 Å². The van der Waals surface area contributed by atoms with Crippen LogP contribution in [0, 0.1) is 0 Å². The Labute approximate surface area is 120 Å². The molecule has 2 aromatic heterocycles. The van der Waals surface area contributed by atoms with E-state index in [-0.39, 0.29) is 5.89 Å². The van der Waals surface area contributed by atoms with Crippen molar-refractivity contribution in [1.29, 1.82) is 0 Å². The van der Waals surface area contributed by atoms with Crippen LogP contribution in [0.15, 0.2) is 51.8 Å². The Balaban J connectivity index is 1.93. The summed E-state index contributed by atoms with van der Waals surface area (Å²) < 4.78 is 10.2. The molecule has 0 unspecified atom stereocenters. The van der Waals surface area contributed by atoms with Gasteiger partial charge in [0.2, 0.25) is 5.89 Å². The molecule has 2 heterocycles. The molecule has 0 aliphatic heterocycles. The maximum atomic E-state index is 11.8. The summed E-state index contributed by atoms with van der Waals surface area (Å²) in [7, 11) is 1.62. The Kier molecular flexibility index (Phi) is 3.47. The van der Waals surface area contributed by atoms with Crippen LogP contribution >= 0.6 is 0 Å². The number of pyridine rings is 1. The van der Waals surface area contributed by atoms with Gasteiger partial charge in [0, 0.05) is 12.3 Å². The van der Waals surface area contributed by atoms with Crippen molar-refractivity contribution < 1.29 is 9.15 Å². The molecule has 0 amide bonds. The molecule has 0 aliphatic carbocycles. The minimum Gasteiger partial charge on any atom is -0.497 e. The lowest BCUT2D eigenvalue weighted by Crippen LogP contribution is -2.03. The van der Waals surface area contributed by atoms with Crippen molar-refractivity contribution in [3.8, 4) is 5.75 Å². The summed E-state index contributed by atoms with van der Waals surface area (Å²) in [5.74, 6) is 1.01. The molecule has 0 atom stereocenters. The van der Waals surface area contributed by atoms with Gasteiger partial charge in [-0.3, -0.25) is 0 Å². The average molecular weight is 280 g/mol. The molecule has 3 rings (SSSR count). The first-order chi connectivity index (χ1) is 10.3. The molecular weight excluding hydrogens is 268 g/mol. The zero-order chi connectivity index (χ0) is 14.7. The molecule has 5 nitrogen and oxygen atoms in total. The number of fused-ring (bicyclic) bond motifs is 1. The summed E-state index contributed by atoms with van der Waals surface area (Å²) in [5.41, 5.74) is 0.881. The van der Waals surface area contributed by atoms with Gasteiger partial charge in [0.25, 0.3) is 0 Å². The quantitative estimate of drug-likeness (QED) is 0.738. The molecule has 0 fully saturated rings. The highest BCUT2D eigenvalue weighted by Crippen LogP contribution is 2.13. The molecule has 0 saturated heterocycles. The summed E-state index contributed by atoms with van der Waals surface area (Å²) in [4.78, 5) is 20.1. The fourth-order valence-corrected chi connectivity index (χ4v) is 1.88. The normalized spacial score (nSPS) is 11.1. The Morgan fingerprint density at radius 1 is 1.14 bits per heavy atom. The van der Waals surface area contributed by atoms with Crippen LogP contribution in [0.3, 0.4) is 0 Å². The minimum absolute atomic E-state index is 0.224. The highest BCUT2D eigenvalue weighted by atomic mass is 16.5. The number of methoxy groups -OCH3 is 1. The molecule has 0 bridgehead atoms. The van der Waals surface area contributed by atoms with Gasteiger partial charge >= 0.3 is 5.63 Å². The lowest BCUT2D eigenvalue weighted by Gasteiger charge is -1.99. The Morgan fingerprint density at radius 3 is 2.71 bits per heavy atom. The van der Waals surface area contributed by atoms with Crippen molar-refractivity contribution >= 4 is 23.2 Å². The number of rotatable bonds is 3. The SMILES string of the molecule is COc1ccc(/C=C/c2nc3ncccc3c(=O)o2)cc1. The van der Waals surface area contributed by atoms with Crippen LogP contribution < -0.4 is 10.4 Å². The monoisotopic (exact) mass is 280 g/mol. The van der Waals surface area contributed by atoms with Crippen LogP contribution in [0.1, 0.15) is 11.5 Å². The van der Waals surface area contributed by atoms with Gasteiger partial charge < -0.3 is 9.15 Å². The largest absolute Gasteiger partial charge is 0.497 e. The van der Waals surface area contributed by atoms with Gasteiger partial charge in [0.1, 0.15) is 11.1 Å². The number of aromatic nitrogens is 2. The fraction of sp³-hybridized carbons (Fsp3) is 0.0625. The van der Waals surface area contributed by atoms with E-state index in [2.05, 4.69) is 9.97 Å². The van der Waals surface area contributed by atoms with Crippen molar-refractivity contribution in [2.45, 2.75) is 0 Å². The topological polar surface area (TPSA) is 65.2 Å². The third-order valence-electron chi connectivity index (χ3n) is 2.95. The number of nitrogens with zero attached hydrogens (tertiary/aromatic N) is 2. The second-order valence-corrected chi connectivity index (χ2v) is 4.32. The zero-order valence-corrected chi connectivity index (χ0v) is 11.3. The molecule has 21 heavy (non-hydrogen) atoms. The second-order valence-electron chi connectivity index (χ2n) is 4.32. The molecule has 1 aromatic carbocycles. The van der Waals surface area contributed by atoms with E-state index < -0.39 is 5.63 Å². The first-order valence-electron chi connectivity index (χ1n) is 6.34.